The van der Waals surface area contributed by atoms with E-state index in [1.54, 1.807) is 4.90 Å². The predicted molar refractivity (Wildman–Crippen MR) is 65.1 cm³/mol. The van der Waals surface area contributed by atoms with Crippen LogP contribution in [0.4, 0.5) is 9.93 Å². The van der Waals surface area contributed by atoms with E-state index in [0.717, 1.165) is 17.8 Å². The van der Waals surface area contributed by atoms with Gasteiger partial charge in [-0.3, -0.25) is 5.32 Å². The maximum absolute atomic E-state index is 11.8. The Bertz CT molecular complexity index is 395. The zero-order chi connectivity index (χ0) is 12.3. The summed E-state index contributed by atoms with van der Waals surface area (Å²) in [6.07, 6.45) is 1.68. The van der Waals surface area contributed by atoms with Crippen molar-refractivity contribution < 1.29 is 9.90 Å². The summed E-state index contributed by atoms with van der Waals surface area (Å²) in [5.74, 6) is 0.210. The van der Waals surface area contributed by atoms with Crippen LogP contribution in [0.15, 0.2) is 0 Å². The van der Waals surface area contributed by atoms with Crippen LogP contribution in [0, 0.1) is 5.92 Å². The number of rotatable bonds is 3. The summed E-state index contributed by atoms with van der Waals surface area (Å²) in [4.78, 5) is 13.5. The molecule has 94 valence electrons. The molecule has 1 aromatic heterocycles. The molecule has 1 fully saturated rings. The van der Waals surface area contributed by atoms with Gasteiger partial charge in [-0.05, 0) is 12.8 Å². The number of aliphatic hydroxyl groups is 1. The Morgan fingerprint density at radius 2 is 2.47 bits per heavy atom. The highest BCUT2D eigenvalue weighted by molar-refractivity contribution is 7.15. The number of nitrogens with zero attached hydrogens (tertiary/aromatic N) is 3. The molecule has 2 heterocycles. The first-order valence-corrected chi connectivity index (χ1v) is 6.53. The van der Waals surface area contributed by atoms with Gasteiger partial charge in [-0.15, -0.1) is 10.2 Å². The molecule has 2 rings (SSSR count). The Labute approximate surface area is 104 Å². The number of carbonyl (C=O) groups is 1. The van der Waals surface area contributed by atoms with Gasteiger partial charge in [0.15, 0.2) is 0 Å². The van der Waals surface area contributed by atoms with E-state index in [0.29, 0.717) is 18.2 Å². The zero-order valence-electron chi connectivity index (χ0n) is 9.72. The number of aryl methyl sites for hydroxylation is 1. The molecule has 0 aromatic carbocycles. The minimum absolute atomic E-state index is 0.141. The zero-order valence-corrected chi connectivity index (χ0v) is 10.5. The van der Waals surface area contributed by atoms with E-state index in [1.165, 1.54) is 11.3 Å². The largest absolute Gasteiger partial charge is 0.396 e. The van der Waals surface area contributed by atoms with Gasteiger partial charge in [-0.1, -0.05) is 18.3 Å². The number of hydrogen-bond acceptors (Lipinski definition) is 5. The van der Waals surface area contributed by atoms with Gasteiger partial charge in [0, 0.05) is 25.6 Å². The second-order valence-electron chi connectivity index (χ2n) is 4.07. The fraction of sp³-hybridized carbons (Fsp3) is 0.700. The van der Waals surface area contributed by atoms with Gasteiger partial charge in [0.2, 0.25) is 5.13 Å². The first-order valence-electron chi connectivity index (χ1n) is 5.72. The third-order valence-electron chi connectivity index (χ3n) is 2.81. The van der Waals surface area contributed by atoms with E-state index in [2.05, 4.69) is 15.5 Å². The number of aliphatic hydroxyl groups excluding tert-OH is 1. The van der Waals surface area contributed by atoms with Crippen molar-refractivity contribution in [3.05, 3.63) is 5.01 Å². The summed E-state index contributed by atoms with van der Waals surface area (Å²) >= 11 is 1.40. The van der Waals surface area contributed by atoms with Crippen LogP contribution >= 0.6 is 11.3 Å². The summed E-state index contributed by atoms with van der Waals surface area (Å²) in [5, 5.41) is 21.0. The topological polar surface area (TPSA) is 78.4 Å². The van der Waals surface area contributed by atoms with Crippen LogP contribution in [0.1, 0.15) is 18.4 Å². The molecule has 2 amide bonds. The Morgan fingerprint density at radius 1 is 1.65 bits per heavy atom. The molecular weight excluding hydrogens is 240 g/mol. The Kier molecular flexibility index (Phi) is 3.90. The second kappa shape index (κ2) is 5.42. The first-order chi connectivity index (χ1) is 8.22. The molecule has 0 bridgehead atoms. The van der Waals surface area contributed by atoms with Crippen LogP contribution in [0.25, 0.3) is 0 Å². The normalized spacial score (nSPS) is 19.6. The van der Waals surface area contributed by atoms with Crippen LogP contribution in [-0.4, -0.2) is 45.9 Å². The lowest BCUT2D eigenvalue weighted by atomic mass is 10.1. The molecule has 0 saturated carbocycles. The molecule has 0 aliphatic carbocycles. The van der Waals surface area contributed by atoms with Gasteiger partial charge in [0.25, 0.3) is 0 Å². The maximum Gasteiger partial charge on any atom is 0.323 e. The van der Waals surface area contributed by atoms with Crippen molar-refractivity contribution in [1.82, 2.24) is 15.1 Å². The van der Waals surface area contributed by atoms with E-state index < -0.39 is 0 Å². The van der Waals surface area contributed by atoms with Crippen molar-refractivity contribution in [2.45, 2.75) is 19.8 Å². The number of anilines is 1. The van der Waals surface area contributed by atoms with Gasteiger partial charge < -0.3 is 10.0 Å². The fourth-order valence-electron chi connectivity index (χ4n) is 1.78. The van der Waals surface area contributed by atoms with Gasteiger partial charge in [-0.25, -0.2) is 4.79 Å². The lowest BCUT2D eigenvalue weighted by Gasteiger charge is -2.15. The van der Waals surface area contributed by atoms with Crippen LogP contribution < -0.4 is 5.32 Å². The summed E-state index contributed by atoms with van der Waals surface area (Å²) < 4.78 is 0. The summed E-state index contributed by atoms with van der Waals surface area (Å²) in [6.45, 7) is 3.44. The van der Waals surface area contributed by atoms with Crippen molar-refractivity contribution >= 4 is 22.5 Å². The number of amides is 2. The maximum atomic E-state index is 11.8. The van der Waals surface area contributed by atoms with Crippen molar-refractivity contribution in [2.24, 2.45) is 5.92 Å². The predicted octanol–water partition coefficient (Wildman–Crippen LogP) is 0.947. The minimum Gasteiger partial charge on any atom is -0.396 e. The van der Waals surface area contributed by atoms with Gasteiger partial charge in [-0.2, -0.15) is 0 Å². The highest BCUT2D eigenvalue weighted by atomic mass is 32.1. The number of nitrogens with one attached hydrogen (secondary N) is 1. The quantitative estimate of drug-likeness (QED) is 0.844. The van der Waals surface area contributed by atoms with Crippen molar-refractivity contribution in [2.75, 3.05) is 25.0 Å². The van der Waals surface area contributed by atoms with Crippen molar-refractivity contribution in [3.63, 3.8) is 0 Å². The van der Waals surface area contributed by atoms with Crippen LogP contribution in [0.5, 0.6) is 0 Å². The summed E-state index contributed by atoms with van der Waals surface area (Å²) in [7, 11) is 0. The highest BCUT2D eigenvalue weighted by Crippen LogP contribution is 2.19. The van der Waals surface area contributed by atoms with Gasteiger partial charge in [0.05, 0.1) is 0 Å². The number of carbonyl (C=O) groups excluding carboxylic acids is 1. The molecule has 1 unspecified atom stereocenters. The van der Waals surface area contributed by atoms with Gasteiger partial charge in [0.1, 0.15) is 5.01 Å². The van der Waals surface area contributed by atoms with Gasteiger partial charge >= 0.3 is 6.03 Å². The minimum atomic E-state index is -0.153. The van der Waals surface area contributed by atoms with E-state index in [-0.39, 0.29) is 18.6 Å². The molecule has 1 atom stereocenters. The Hall–Kier alpha value is -1.21. The SMILES string of the molecule is CCc1nnc(NC(=O)N2CCC(CO)C2)s1. The molecule has 1 saturated heterocycles. The smallest absolute Gasteiger partial charge is 0.323 e. The van der Waals surface area contributed by atoms with E-state index in [4.69, 9.17) is 5.11 Å². The highest BCUT2D eigenvalue weighted by Gasteiger charge is 2.26. The number of likely N-dealkylation sites (tertiary alicyclic amines) is 1. The Balaban J connectivity index is 1.89. The van der Waals surface area contributed by atoms with Crippen LogP contribution in [0.3, 0.4) is 0 Å². The number of urea groups is 1. The molecule has 6 nitrogen and oxygen atoms in total. The molecule has 0 spiro atoms. The first kappa shape index (κ1) is 12.3. The third-order valence-corrected chi connectivity index (χ3v) is 3.80. The average Bonchev–Trinajstić information content (AvgIpc) is 2.96. The molecule has 1 aromatic rings. The van der Waals surface area contributed by atoms with E-state index in [9.17, 15) is 4.79 Å². The molecule has 1 aliphatic heterocycles. The molecule has 17 heavy (non-hydrogen) atoms. The molecule has 7 heteroatoms. The second-order valence-corrected chi connectivity index (χ2v) is 5.13. The third kappa shape index (κ3) is 2.92. The summed E-state index contributed by atoms with van der Waals surface area (Å²) in [6, 6.07) is -0.153. The Morgan fingerprint density at radius 3 is 3.06 bits per heavy atom. The van der Waals surface area contributed by atoms with Crippen molar-refractivity contribution in [1.29, 1.82) is 0 Å². The lowest BCUT2D eigenvalue weighted by molar-refractivity contribution is 0.208. The molecular formula is C10H16N4O2S. The van der Waals surface area contributed by atoms with E-state index in [1.807, 2.05) is 6.92 Å². The monoisotopic (exact) mass is 256 g/mol. The van der Waals surface area contributed by atoms with Crippen LogP contribution in [0.2, 0.25) is 0 Å². The molecule has 0 radical (unpaired) electrons. The molecule has 1 aliphatic rings. The number of hydrogen-bond donors (Lipinski definition) is 2. The number of aromatic nitrogens is 2. The molecule has 2 N–H and O–H groups in total. The lowest BCUT2D eigenvalue weighted by Crippen LogP contribution is -2.33. The van der Waals surface area contributed by atoms with Crippen LogP contribution in [-0.2, 0) is 6.42 Å². The summed E-state index contributed by atoms with van der Waals surface area (Å²) in [5.41, 5.74) is 0. The van der Waals surface area contributed by atoms with E-state index >= 15 is 0 Å². The van der Waals surface area contributed by atoms with Crippen molar-refractivity contribution in [3.8, 4) is 0 Å². The standard InChI is InChI=1S/C10H16N4O2S/c1-2-8-12-13-9(17-8)11-10(16)14-4-3-7(5-14)6-15/h7,15H,2-6H2,1H3,(H,11,13,16). The average molecular weight is 256 g/mol. The fourth-order valence-corrected chi connectivity index (χ4v) is 2.45.